The van der Waals surface area contributed by atoms with Gasteiger partial charge in [-0.25, -0.2) is 5.32 Å². The topological polar surface area (TPSA) is 23.3 Å². The number of piperidine rings is 1. The third-order valence-electron chi connectivity index (χ3n) is 2.43. The van der Waals surface area contributed by atoms with Gasteiger partial charge in [0.25, 0.3) is 0 Å². The standard InChI is InChI=1S/C11H12Cl2NO/c12-9-2-1-3-10(11(9)13)15-8-4-6-14-7-5-8/h1-3,8H,4-7H2. The average Bonchev–Trinajstić information content (AvgIpc) is 2.26. The average molecular weight is 245 g/mol. The van der Waals surface area contributed by atoms with Crippen LogP contribution in [-0.4, -0.2) is 19.2 Å². The molecule has 1 aromatic rings. The van der Waals surface area contributed by atoms with E-state index >= 15 is 0 Å². The van der Waals surface area contributed by atoms with Crippen LogP contribution in [0, 0.1) is 0 Å². The highest BCUT2D eigenvalue weighted by molar-refractivity contribution is 6.42. The van der Waals surface area contributed by atoms with Crippen molar-refractivity contribution in [2.24, 2.45) is 0 Å². The summed E-state index contributed by atoms with van der Waals surface area (Å²) in [6.45, 7) is 1.76. The van der Waals surface area contributed by atoms with Crippen LogP contribution < -0.4 is 10.1 Å². The second-order valence-corrected chi connectivity index (χ2v) is 4.33. The minimum atomic E-state index is 0.221. The molecule has 1 fully saturated rings. The molecular weight excluding hydrogens is 233 g/mol. The summed E-state index contributed by atoms with van der Waals surface area (Å²) in [4.78, 5) is 0. The molecule has 1 aliphatic heterocycles. The van der Waals surface area contributed by atoms with Crippen molar-refractivity contribution in [2.45, 2.75) is 18.9 Å². The van der Waals surface area contributed by atoms with Gasteiger partial charge in [-0.15, -0.1) is 0 Å². The molecule has 15 heavy (non-hydrogen) atoms. The minimum Gasteiger partial charge on any atom is -0.489 e. The fourth-order valence-corrected chi connectivity index (χ4v) is 1.94. The molecule has 0 amide bonds. The van der Waals surface area contributed by atoms with E-state index in [0.29, 0.717) is 15.8 Å². The Kier molecular flexibility index (Phi) is 3.73. The van der Waals surface area contributed by atoms with Gasteiger partial charge in [-0.2, -0.15) is 0 Å². The molecule has 1 heterocycles. The van der Waals surface area contributed by atoms with Gasteiger partial charge in [0.05, 0.1) is 5.02 Å². The normalized spacial score (nSPS) is 17.7. The van der Waals surface area contributed by atoms with Gasteiger partial charge in [0.15, 0.2) is 0 Å². The SMILES string of the molecule is Clc1cccc(OC2CC[N]CC2)c1Cl. The predicted molar refractivity (Wildman–Crippen MR) is 62.0 cm³/mol. The van der Waals surface area contributed by atoms with E-state index in [1.807, 2.05) is 12.1 Å². The Morgan fingerprint density at radius 2 is 1.93 bits per heavy atom. The zero-order valence-electron chi connectivity index (χ0n) is 8.25. The van der Waals surface area contributed by atoms with Crippen molar-refractivity contribution in [1.82, 2.24) is 5.32 Å². The first kappa shape index (κ1) is 11.1. The van der Waals surface area contributed by atoms with E-state index in [9.17, 15) is 0 Å². The van der Waals surface area contributed by atoms with Crippen LogP contribution >= 0.6 is 23.2 Å². The van der Waals surface area contributed by atoms with Crippen LogP contribution in [0.3, 0.4) is 0 Å². The summed E-state index contributed by atoms with van der Waals surface area (Å²) in [6, 6.07) is 5.45. The van der Waals surface area contributed by atoms with Gasteiger partial charge in [0, 0.05) is 13.1 Å². The smallest absolute Gasteiger partial charge is 0.139 e. The number of ether oxygens (including phenoxy) is 1. The van der Waals surface area contributed by atoms with Crippen LogP contribution in [-0.2, 0) is 0 Å². The lowest BCUT2D eigenvalue weighted by atomic mass is 10.1. The van der Waals surface area contributed by atoms with Crippen LogP contribution in [0.1, 0.15) is 12.8 Å². The molecule has 0 unspecified atom stereocenters. The van der Waals surface area contributed by atoms with Gasteiger partial charge in [-0.1, -0.05) is 29.3 Å². The zero-order valence-corrected chi connectivity index (χ0v) is 9.76. The maximum atomic E-state index is 6.03. The van der Waals surface area contributed by atoms with Gasteiger partial charge >= 0.3 is 0 Å². The Morgan fingerprint density at radius 3 is 2.67 bits per heavy atom. The van der Waals surface area contributed by atoms with E-state index in [1.54, 1.807) is 6.07 Å². The fraction of sp³-hybridized carbons (Fsp3) is 0.455. The molecule has 1 aliphatic rings. The first-order chi connectivity index (χ1) is 7.27. The van der Waals surface area contributed by atoms with Crippen LogP contribution in [0.25, 0.3) is 0 Å². The zero-order chi connectivity index (χ0) is 10.7. The Bertz CT molecular complexity index is 337. The molecule has 81 valence electrons. The van der Waals surface area contributed by atoms with Crippen molar-refractivity contribution in [3.05, 3.63) is 28.2 Å². The summed E-state index contributed by atoms with van der Waals surface area (Å²) in [5, 5.41) is 5.31. The van der Waals surface area contributed by atoms with Gasteiger partial charge in [-0.3, -0.25) is 0 Å². The van der Waals surface area contributed by atoms with E-state index in [2.05, 4.69) is 5.32 Å². The summed E-state index contributed by atoms with van der Waals surface area (Å²) in [5.74, 6) is 0.677. The highest BCUT2D eigenvalue weighted by atomic mass is 35.5. The molecule has 4 heteroatoms. The highest BCUT2D eigenvalue weighted by Crippen LogP contribution is 2.32. The van der Waals surface area contributed by atoms with Crippen molar-refractivity contribution in [2.75, 3.05) is 13.1 Å². The summed E-state index contributed by atoms with van der Waals surface area (Å²) in [5.41, 5.74) is 0. The highest BCUT2D eigenvalue weighted by Gasteiger charge is 2.16. The molecule has 1 saturated heterocycles. The lowest BCUT2D eigenvalue weighted by Gasteiger charge is -2.23. The number of halogens is 2. The summed E-state index contributed by atoms with van der Waals surface area (Å²) in [7, 11) is 0. The third-order valence-corrected chi connectivity index (χ3v) is 3.23. The number of rotatable bonds is 2. The summed E-state index contributed by atoms with van der Waals surface area (Å²) in [6.07, 6.45) is 2.14. The lowest BCUT2D eigenvalue weighted by Crippen LogP contribution is -2.30. The van der Waals surface area contributed by atoms with Gasteiger partial charge < -0.3 is 4.74 Å². The minimum absolute atomic E-state index is 0.221. The Morgan fingerprint density at radius 1 is 1.20 bits per heavy atom. The van der Waals surface area contributed by atoms with Crippen LogP contribution in [0.15, 0.2) is 18.2 Å². The summed E-state index contributed by atoms with van der Waals surface area (Å²) < 4.78 is 5.79. The Balaban J connectivity index is 2.06. The van der Waals surface area contributed by atoms with Crippen LogP contribution in [0.2, 0.25) is 10.0 Å². The molecule has 1 radical (unpaired) electrons. The van der Waals surface area contributed by atoms with Gasteiger partial charge in [0.2, 0.25) is 0 Å². The molecule has 0 N–H and O–H groups in total. The molecule has 0 aromatic heterocycles. The quantitative estimate of drug-likeness (QED) is 0.785. The molecule has 2 nitrogen and oxygen atoms in total. The predicted octanol–water partition coefficient (Wildman–Crippen LogP) is 3.14. The van der Waals surface area contributed by atoms with Gasteiger partial charge in [0.1, 0.15) is 16.9 Å². The van der Waals surface area contributed by atoms with E-state index in [1.165, 1.54) is 0 Å². The third kappa shape index (κ3) is 2.77. The molecule has 2 rings (SSSR count). The molecule has 0 aliphatic carbocycles. The largest absolute Gasteiger partial charge is 0.489 e. The molecule has 1 aromatic carbocycles. The fourth-order valence-electron chi connectivity index (χ4n) is 1.60. The van der Waals surface area contributed by atoms with Crippen molar-refractivity contribution in [1.29, 1.82) is 0 Å². The second-order valence-electron chi connectivity index (χ2n) is 3.54. The molecule has 0 atom stereocenters. The summed E-state index contributed by atoms with van der Waals surface area (Å²) >= 11 is 11.9. The maximum absolute atomic E-state index is 6.03. The Labute approximate surface area is 99.5 Å². The molecule has 0 spiro atoms. The van der Waals surface area contributed by atoms with Crippen LogP contribution in [0.5, 0.6) is 5.75 Å². The lowest BCUT2D eigenvalue weighted by molar-refractivity contribution is 0.161. The number of benzene rings is 1. The first-order valence-corrected chi connectivity index (χ1v) is 5.77. The van der Waals surface area contributed by atoms with E-state index < -0.39 is 0 Å². The maximum Gasteiger partial charge on any atom is 0.139 e. The molecule has 0 saturated carbocycles. The van der Waals surface area contributed by atoms with E-state index in [-0.39, 0.29) is 6.10 Å². The van der Waals surface area contributed by atoms with Crippen molar-refractivity contribution in [3.63, 3.8) is 0 Å². The van der Waals surface area contributed by atoms with Crippen molar-refractivity contribution >= 4 is 23.2 Å². The number of hydrogen-bond donors (Lipinski definition) is 0. The van der Waals surface area contributed by atoms with Crippen molar-refractivity contribution < 1.29 is 4.74 Å². The molecular formula is C11H12Cl2NO. The van der Waals surface area contributed by atoms with Crippen molar-refractivity contribution in [3.8, 4) is 5.75 Å². The van der Waals surface area contributed by atoms with E-state index in [4.69, 9.17) is 27.9 Å². The van der Waals surface area contributed by atoms with Gasteiger partial charge in [-0.05, 0) is 25.0 Å². The number of hydrogen-bond acceptors (Lipinski definition) is 1. The van der Waals surface area contributed by atoms with Crippen LogP contribution in [0.4, 0.5) is 0 Å². The second kappa shape index (κ2) is 5.06. The first-order valence-electron chi connectivity index (χ1n) is 5.01. The molecule has 0 bridgehead atoms. The number of nitrogens with zero attached hydrogens (tertiary/aromatic N) is 1. The Hall–Kier alpha value is -0.440. The monoisotopic (exact) mass is 244 g/mol. The van der Waals surface area contributed by atoms with E-state index in [0.717, 1.165) is 25.9 Å².